The fraction of sp³-hybridized carbons (Fsp3) is 0.500. The van der Waals surface area contributed by atoms with Gasteiger partial charge >= 0.3 is 0 Å². The lowest BCUT2D eigenvalue weighted by atomic mass is 10.00. The maximum absolute atomic E-state index is 12.2. The van der Waals surface area contributed by atoms with Crippen LogP contribution < -0.4 is 15.4 Å². The Kier molecular flexibility index (Phi) is 3.95. The topological polar surface area (TPSA) is 70.6 Å². The number of aliphatic hydroxyl groups excluding tert-OH is 1. The van der Waals surface area contributed by atoms with E-state index in [0.717, 1.165) is 5.69 Å². The first-order valence-electron chi connectivity index (χ1n) is 6.50. The monoisotopic (exact) mass is 264 g/mol. The quantitative estimate of drug-likeness (QED) is 0.762. The summed E-state index contributed by atoms with van der Waals surface area (Å²) in [4.78, 5) is 12.2. The molecule has 1 heterocycles. The van der Waals surface area contributed by atoms with E-state index < -0.39 is 11.6 Å². The van der Waals surface area contributed by atoms with Crippen LogP contribution in [0, 0.1) is 0 Å². The van der Waals surface area contributed by atoms with Crippen LogP contribution in [-0.4, -0.2) is 35.8 Å². The van der Waals surface area contributed by atoms with E-state index in [9.17, 15) is 9.90 Å². The summed E-state index contributed by atoms with van der Waals surface area (Å²) in [6, 6.07) is 7.51. The molecule has 0 bridgehead atoms. The number of fused-ring (bicyclic) bond motifs is 1. The average Bonchev–Trinajstić information content (AvgIpc) is 2.46. The molecule has 0 aliphatic carbocycles. The van der Waals surface area contributed by atoms with Crippen molar-refractivity contribution in [2.24, 2.45) is 0 Å². The van der Waals surface area contributed by atoms with Gasteiger partial charge in [0.25, 0.3) is 5.91 Å². The normalized spacial score (nSPS) is 20.5. The van der Waals surface area contributed by atoms with Crippen LogP contribution in [0.5, 0.6) is 5.75 Å². The van der Waals surface area contributed by atoms with Gasteiger partial charge in [0.15, 0.2) is 6.10 Å². The first-order chi connectivity index (χ1) is 9.08. The SMILES string of the molecule is CCC(C)(CO)NC(=O)C1CNc2ccccc2O1. The minimum atomic E-state index is -0.600. The first kappa shape index (κ1) is 13.7. The number of benzene rings is 1. The number of nitrogens with one attached hydrogen (secondary N) is 2. The predicted molar refractivity (Wildman–Crippen MR) is 73.3 cm³/mol. The molecule has 0 fully saturated rings. The molecule has 3 N–H and O–H groups in total. The Balaban J connectivity index is 2.03. The van der Waals surface area contributed by atoms with Crippen LogP contribution in [0.15, 0.2) is 24.3 Å². The van der Waals surface area contributed by atoms with E-state index in [-0.39, 0.29) is 12.5 Å². The average molecular weight is 264 g/mol. The van der Waals surface area contributed by atoms with Gasteiger partial charge < -0.3 is 20.5 Å². The molecule has 0 radical (unpaired) electrons. The van der Waals surface area contributed by atoms with Gasteiger partial charge in [-0.1, -0.05) is 19.1 Å². The molecule has 104 valence electrons. The minimum Gasteiger partial charge on any atom is -0.477 e. The molecule has 1 aromatic carbocycles. The van der Waals surface area contributed by atoms with Crippen LogP contribution in [0.1, 0.15) is 20.3 Å². The predicted octanol–water partition coefficient (Wildman–Crippen LogP) is 1.14. The molecule has 1 aromatic rings. The second-order valence-corrected chi connectivity index (χ2v) is 5.05. The van der Waals surface area contributed by atoms with Crippen molar-refractivity contribution in [1.82, 2.24) is 5.32 Å². The fourth-order valence-electron chi connectivity index (χ4n) is 1.88. The van der Waals surface area contributed by atoms with Gasteiger partial charge in [-0.05, 0) is 25.5 Å². The van der Waals surface area contributed by atoms with Gasteiger partial charge in [0.1, 0.15) is 5.75 Å². The number of hydrogen-bond acceptors (Lipinski definition) is 4. The summed E-state index contributed by atoms with van der Waals surface area (Å²) in [5.41, 5.74) is 0.296. The van der Waals surface area contributed by atoms with E-state index in [1.807, 2.05) is 38.1 Å². The van der Waals surface area contributed by atoms with Crippen LogP contribution >= 0.6 is 0 Å². The third-order valence-electron chi connectivity index (χ3n) is 3.48. The Bertz CT molecular complexity index is 458. The molecule has 2 rings (SSSR count). The van der Waals surface area contributed by atoms with Crippen LogP contribution in [0.2, 0.25) is 0 Å². The van der Waals surface area contributed by atoms with Crippen molar-refractivity contribution in [3.05, 3.63) is 24.3 Å². The summed E-state index contributed by atoms with van der Waals surface area (Å²) >= 11 is 0. The van der Waals surface area contributed by atoms with Gasteiger partial charge in [-0.2, -0.15) is 0 Å². The molecule has 0 aromatic heterocycles. The molecule has 1 amide bonds. The Morgan fingerprint density at radius 1 is 1.58 bits per heavy atom. The van der Waals surface area contributed by atoms with E-state index in [4.69, 9.17) is 4.74 Å². The number of amides is 1. The fourth-order valence-corrected chi connectivity index (χ4v) is 1.88. The van der Waals surface area contributed by atoms with Gasteiger partial charge in [0.05, 0.1) is 24.4 Å². The highest BCUT2D eigenvalue weighted by atomic mass is 16.5. The largest absolute Gasteiger partial charge is 0.477 e. The smallest absolute Gasteiger partial charge is 0.263 e. The van der Waals surface area contributed by atoms with Gasteiger partial charge in [-0.15, -0.1) is 0 Å². The zero-order chi connectivity index (χ0) is 13.9. The maximum atomic E-state index is 12.2. The summed E-state index contributed by atoms with van der Waals surface area (Å²) in [6.45, 7) is 4.07. The molecular formula is C14H20N2O3. The summed E-state index contributed by atoms with van der Waals surface area (Å²) in [7, 11) is 0. The molecule has 5 heteroatoms. The van der Waals surface area contributed by atoms with Crippen molar-refractivity contribution in [2.45, 2.75) is 31.9 Å². The van der Waals surface area contributed by atoms with E-state index in [0.29, 0.717) is 18.7 Å². The molecule has 2 unspecified atom stereocenters. The highest BCUT2D eigenvalue weighted by molar-refractivity contribution is 5.83. The zero-order valence-electron chi connectivity index (χ0n) is 11.3. The highest BCUT2D eigenvalue weighted by Crippen LogP contribution is 2.28. The van der Waals surface area contributed by atoms with Gasteiger partial charge in [-0.25, -0.2) is 0 Å². The first-order valence-corrected chi connectivity index (χ1v) is 6.50. The third-order valence-corrected chi connectivity index (χ3v) is 3.48. The number of carbonyl (C=O) groups is 1. The van der Waals surface area contributed by atoms with Crippen LogP contribution in [-0.2, 0) is 4.79 Å². The summed E-state index contributed by atoms with van der Waals surface area (Å²) in [5, 5.41) is 15.3. The number of para-hydroxylation sites is 2. The number of aliphatic hydroxyl groups is 1. The minimum absolute atomic E-state index is 0.0913. The van der Waals surface area contributed by atoms with Crippen molar-refractivity contribution >= 4 is 11.6 Å². The second-order valence-electron chi connectivity index (χ2n) is 5.05. The number of hydrogen-bond donors (Lipinski definition) is 3. The lowest BCUT2D eigenvalue weighted by Crippen LogP contribution is -2.55. The molecule has 1 aliphatic heterocycles. The molecule has 2 atom stereocenters. The highest BCUT2D eigenvalue weighted by Gasteiger charge is 2.31. The number of rotatable bonds is 4. The Morgan fingerprint density at radius 3 is 3.00 bits per heavy atom. The molecule has 5 nitrogen and oxygen atoms in total. The van der Waals surface area contributed by atoms with Crippen molar-refractivity contribution < 1.29 is 14.6 Å². The number of carbonyl (C=O) groups excluding carboxylic acids is 1. The van der Waals surface area contributed by atoms with Crippen LogP contribution in [0.3, 0.4) is 0 Å². The number of ether oxygens (including phenoxy) is 1. The maximum Gasteiger partial charge on any atom is 0.263 e. The van der Waals surface area contributed by atoms with E-state index >= 15 is 0 Å². The molecule has 0 saturated carbocycles. The van der Waals surface area contributed by atoms with E-state index in [1.54, 1.807) is 0 Å². The van der Waals surface area contributed by atoms with Crippen molar-refractivity contribution in [2.75, 3.05) is 18.5 Å². The van der Waals surface area contributed by atoms with Gasteiger partial charge in [0.2, 0.25) is 0 Å². The standard InChI is InChI=1S/C14H20N2O3/c1-3-14(2,9-17)16-13(18)12-8-15-10-6-4-5-7-11(10)19-12/h4-7,12,15,17H,3,8-9H2,1-2H3,(H,16,18). The second kappa shape index (κ2) is 5.48. The molecular weight excluding hydrogens is 244 g/mol. The Morgan fingerprint density at radius 2 is 2.32 bits per heavy atom. The van der Waals surface area contributed by atoms with Crippen LogP contribution in [0.4, 0.5) is 5.69 Å². The lowest BCUT2D eigenvalue weighted by molar-refractivity contribution is -0.130. The summed E-state index contributed by atoms with van der Waals surface area (Å²) < 4.78 is 5.67. The van der Waals surface area contributed by atoms with Gasteiger partial charge in [0, 0.05) is 0 Å². The summed E-state index contributed by atoms with van der Waals surface area (Å²) in [5.74, 6) is 0.469. The van der Waals surface area contributed by atoms with Crippen molar-refractivity contribution in [1.29, 1.82) is 0 Å². The van der Waals surface area contributed by atoms with E-state index in [1.165, 1.54) is 0 Å². The van der Waals surface area contributed by atoms with Crippen LogP contribution in [0.25, 0.3) is 0 Å². The Hall–Kier alpha value is -1.75. The summed E-state index contributed by atoms with van der Waals surface area (Å²) in [6.07, 6.45) is 0.0822. The van der Waals surface area contributed by atoms with Gasteiger partial charge in [-0.3, -0.25) is 4.79 Å². The molecule has 19 heavy (non-hydrogen) atoms. The molecule has 0 spiro atoms. The molecule has 1 aliphatic rings. The third kappa shape index (κ3) is 2.98. The molecule has 0 saturated heterocycles. The van der Waals surface area contributed by atoms with Crippen molar-refractivity contribution in [3.8, 4) is 5.75 Å². The Labute approximate surface area is 113 Å². The van der Waals surface area contributed by atoms with Crippen molar-refractivity contribution in [3.63, 3.8) is 0 Å². The van der Waals surface area contributed by atoms with E-state index in [2.05, 4.69) is 10.6 Å². The zero-order valence-corrected chi connectivity index (χ0v) is 11.3. The lowest BCUT2D eigenvalue weighted by Gasteiger charge is -2.32. The number of anilines is 1.